The van der Waals surface area contributed by atoms with Crippen LogP contribution in [0.5, 0.6) is 0 Å². The van der Waals surface area contributed by atoms with E-state index in [1.54, 1.807) is 0 Å². The minimum absolute atomic E-state index is 0.639. The molecule has 2 N–H and O–H groups in total. The molecule has 0 spiro atoms. The van der Waals surface area contributed by atoms with Gasteiger partial charge in [-0.25, -0.2) is 0 Å². The summed E-state index contributed by atoms with van der Waals surface area (Å²) in [5.41, 5.74) is 8.06. The molecule has 0 amide bonds. The maximum atomic E-state index is 5.51. The third-order valence-corrected chi connectivity index (χ3v) is 3.04. The van der Waals surface area contributed by atoms with Gasteiger partial charge in [0, 0.05) is 10.1 Å². The molecule has 0 heterocycles. The Morgan fingerprint density at radius 1 is 1.50 bits per heavy atom. The first-order valence-electron chi connectivity index (χ1n) is 3.19. The van der Waals surface area contributed by atoms with Gasteiger partial charge in [-0.15, -0.1) is 0 Å². The first kappa shape index (κ1) is 8.01. The predicted molar refractivity (Wildman–Crippen MR) is 51.8 cm³/mol. The van der Waals surface area contributed by atoms with Crippen molar-refractivity contribution in [3.05, 3.63) is 32.9 Å². The Labute approximate surface area is 74.8 Å². The van der Waals surface area contributed by atoms with Gasteiger partial charge in [0.05, 0.1) is 0 Å². The molecule has 0 aliphatic heterocycles. The molecule has 1 aromatic rings. The SMILES string of the molecule is Cc1cccc(CN)c1I. The Hall–Kier alpha value is -0.0900. The van der Waals surface area contributed by atoms with Gasteiger partial charge in [0.2, 0.25) is 0 Å². The molecular weight excluding hydrogens is 237 g/mol. The largest absolute Gasteiger partial charge is 0.326 e. The van der Waals surface area contributed by atoms with Crippen molar-refractivity contribution in [2.45, 2.75) is 13.5 Å². The van der Waals surface area contributed by atoms with Gasteiger partial charge in [-0.2, -0.15) is 0 Å². The van der Waals surface area contributed by atoms with E-state index in [1.807, 2.05) is 6.07 Å². The molecule has 0 radical (unpaired) electrons. The first-order valence-corrected chi connectivity index (χ1v) is 4.27. The molecule has 0 fully saturated rings. The number of rotatable bonds is 1. The summed E-state index contributed by atoms with van der Waals surface area (Å²) in [5.74, 6) is 0. The van der Waals surface area contributed by atoms with E-state index in [1.165, 1.54) is 14.7 Å². The summed E-state index contributed by atoms with van der Waals surface area (Å²) in [6.45, 7) is 2.74. The van der Waals surface area contributed by atoms with E-state index in [4.69, 9.17) is 5.73 Å². The summed E-state index contributed by atoms with van der Waals surface area (Å²) in [6.07, 6.45) is 0. The van der Waals surface area contributed by atoms with Gasteiger partial charge < -0.3 is 5.73 Å². The molecule has 54 valence electrons. The second-order valence-corrected chi connectivity index (χ2v) is 3.33. The van der Waals surface area contributed by atoms with Crippen molar-refractivity contribution in [2.24, 2.45) is 5.73 Å². The number of hydrogen-bond donors (Lipinski definition) is 1. The van der Waals surface area contributed by atoms with Gasteiger partial charge in [-0.3, -0.25) is 0 Å². The maximum absolute atomic E-state index is 5.51. The molecule has 10 heavy (non-hydrogen) atoms. The monoisotopic (exact) mass is 247 g/mol. The van der Waals surface area contributed by atoms with Crippen LogP contribution in [0.15, 0.2) is 18.2 Å². The number of nitrogens with two attached hydrogens (primary N) is 1. The topological polar surface area (TPSA) is 26.0 Å². The maximum Gasteiger partial charge on any atom is 0.0204 e. The van der Waals surface area contributed by atoms with Gasteiger partial charge in [0.1, 0.15) is 0 Å². The lowest BCUT2D eigenvalue weighted by molar-refractivity contribution is 1.05. The highest BCUT2D eigenvalue weighted by molar-refractivity contribution is 14.1. The third-order valence-electron chi connectivity index (χ3n) is 1.49. The highest BCUT2D eigenvalue weighted by Gasteiger charge is 1.97. The number of benzene rings is 1. The van der Waals surface area contributed by atoms with E-state index in [0.29, 0.717) is 6.54 Å². The van der Waals surface area contributed by atoms with E-state index >= 15 is 0 Å². The summed E-state index contributed by atoms with van der Waals surface area (Å²) in [4.78, 5) is 0. The first-order chi connectivity index (χ1) is 4.75. The van der Waals surface area contributed by atoms with E-state index in [-0.39, 0.29) is 0 Å². The summed E-state index contributed by atoms with van der Waals surface area (Å²) in [7, 11) is 0. The third kappa shape index (κ3) is 1.49. The van der Waals surface area contributed by atoms with Crippen LogP contribution >= 0.6 is 22.6 Å². The van der Waals surface area contributed by atoms with Crippen molar-refractivity contribution in [3.63, 3.8) is 0 Å². The predicted octanol–water partition coefficient (Wildman–Crippen LogP) is 2.06. The summed E-state index contributed by atoms with van der Waals surface area (Å²) < 4.78 is 1.29. The van der Waals surface area contributed by atoms with Crippen molar-refractivity contribution >= 4 is 22.6 Å². The summed E-state index contributed by atoms with van der Waals surface area (Å²) >= 11 is 2.32. The van der Waals surface area contributed by atoms with Crippen molar-refractivity contribution in [2.75, 3.05) is 0 Å². The van der Waals surface area contributed by atoms with Crippen molar-refractivity contribution in [1.29, 1.82) is 0 Å². The van der Waals surface area contributed by atoms with E-state index < -0.39 is 0 Å². The fraction of sp³-hybridized carbons (Fsp3) is 0.250. The standard InChI is InChI=1S/C8H10IN/c1-6-3-2-4-7(5-10)8(6)9/h2-4H,5,10H2,1H3. The molecule has 2 heteroatoms. The highest BCUT2D eigenvalue weighted by Crippen LogP contribution is 2.15. The number of halogens is 1. The Morgan fingerprint density at radius 3 is 2.70 bits per heavy atom. The van der Waals surface area contributed by atoms with Gasteiger partial charge in [0.15, 0.2) is 0 Å². The van der Waals surface area contributed by atoms with Gasteiger partial charge in [-0.1, -0.05) is 18.2 Å². The molecule has 0 aromatic heterocycles. The Bertz CT molecular complexity index is 233. The number of aryl methyl sites for hydroxylation is 1. The van der Waals surface area contributed by atoms with Crippen LogP contribution in [0.1, 0.15) is 11.1 Å². The minimum Gasteiger partial charge on any atom is -0.326 e. The second-order valence-electron chi connectivity index (χ2n) is 2.25. The second kappa shape index (κ2) is 3.34. The van der Waals surface area contributed by atoms with Crippen molar-refractivity contribution < 1.29 is 0 Å². The molecule has 0 saturated carbocycles. The molecule has 0 atom stereocenters. The Balaban J connectivity index is 3.14. The molecule has 0 aliphatic carbocycles. The van der Waals surface area contributed by atoms with Crippen LogP contribution in [0, 0.1) is 10.5 Å². The van der Waals surface area contributed by atoms with Crippen molar-refractivity contribution in [3.8, 4) is 0 Å². The fourth-order valence-electron chi connectivity index (χ4n) is 0.866. The van der Waals surface area contributed by atoms with Crippen LogP contribution in [0.3, 0.4) is 0 Å². The molecule has 0 unspecified atom stereocenters. The average Bonchev–Trinajstić information content (AvgIpc) is 1.95. The van der Waals surface area contributed by atoms with Crippen LogP contribution in [-0.2, 0) is 6.54 Å². The summed E-state index contributed by atoms with van der Waals surface area (Å²) in [5, 5.41) is 0. The van der Waals surface area contributed by atoms with Crippen LogP contribution in [0.25, 0.3) is 0 Å². The minimum atomic E-state index is 0.639. The molecule has 1 nitrogen and oxygen atoms in total. The van der Waals surface area contributed by atoms with E-state index in [2.05, 4.69) is 41.6 Å². The zero-order valence-electron chi connectivity index (χ0n) is 5.89. The summed E-state index contributed by atoms with van der Waals surface area (Å²) in [6, 6.07) is 6.20. The lowest BCUT2D eigenvalue weighted by atomic mass is 10.1. The fourth-order valence-corrected chi connectivity index (χ4v) is 1.45. The molecule has 1 rings (SSSR count). The van der Waals surface area contributed by atoms with Gasteiger partial charge >= 0.3 is 0 Å². The zero-order valence-corrected chi connectivity index (χ0v) is 8.05. The van der Waals surface area contributed by atoms with Crippen LogP contribution in [-0.4, -0.2) is 0 Å². The van der Waals surface area contributed by atoms with Crippen LogP contribution in [0.4, 0.5) is 0 Å². The molecule has 0 saturated heterocycles. The lowest BCUT2D eigenvalue weighted by Gasteiger charge is -2.02. The normalized spacial score (nSPS) is 9.90. The van der Waals surface area contributed by atoms with Crippen LogP contribution in [0.2, 0.25) is 0 Å². The molecule has 1 aromatic carbocycles. The lowest BCUT2D eigenvalue weighted by Crippen LogP contribution is -1.99. The quantitative estimate of drug-likeness (QED) is 0.755. The average molecular weight is 247 g/mol. The Morgan fingerprint density at radius 2 is 2.20 bits per heavy atom. The van der Waals surface area contributed by atoms with Gasteiger partial charge in [0.25, 0.3) is 0 Å². The highest BCUT2D eigenvalue weighted by atomic mass is 127. The van der Waals surface area contributed by atoms with E-state index in [9.17, 15) is 0 Å². The van der Waals surface area contributed by atoms with Gasteiger partial charge in [-0.05, 0) is 40.6 Å². The zero-order chi connectivity index (χ0) is 7.56. The molecular formula is C8H10IN. The van der Waals surface area contributed by atoms with E-state index in [0.717, 1.165) is 0 Å². The Kier molecular flexibility index (Phi) is 2.68. The van der Waals surface area contributed by atoms with Crippen molar-refractivity contribution in [1.82, 2.24) is 0 Å². The smallest absolute Gasteiger partial charge is 0.0204 e. The molecule has 0 aliphatic rings. The number of hydrogen-bond acceptors (Lipinski definition) is 1. The van der Waals surface area contributed by atoms with Crippen LogP contribution < -0.4 is 5.73 Å². The molecule has 0 bridgehead atoms.